The zero-order valence-electron chi connectivity index (χ0n) is 14.5. The van der Waals surface area contributed by atoms with Crippen LogP contribution in [0.2, 0.25) is 0 Å². The Bertz CT molecular complexity index is 706. The van der Waals surface area contributed by atoms with Crippen molar-refractivity contribution in [3.8, 4) is 0 Å². The Labute approximate surface area is 164 Å². The maximum absolute atomic E-state index is 11.5. The molecule has 0 saturated carbocycles. The number of benzene rings is 1. The monoisotopic (exact) mass is 402 g/mol. The van der Waals surface area contributed by atoms with Gasteiger partial charge in [-0.2, -0.15) is 4.98 Å². The van der Waals surface area contributed by atoms with Gasteiger partial charge >= 0.3 is 0 Å². The Morgan fingerprint density at radius 1 is 1.38 bits per heavy atom. The first-order valence-electron chi connectivity index (χ1n) is 8.00. The van der Waals surface area contributed by atoms with Gasteiger partial charge in [0, 0.05) is 30.9 Å². The molecule has 26 heavy (non-hydrogen) atoms. The van der Waals surface area contributed by atoms with E-state index in [2.05, 4.69) is 25.4 Å². The molecule has 144 valence electrons. The third-order valence-corrected chi connectivity index (χ3v) is 3.96. The molecule has 0 spiro atoms. The lowest BCUT2D eigenvalue weighted by molar-refractivity contribution is 0.101. The van der Waals surface area contributed by atoms with Crippen LogP contribution >= 0.6 is 24.8 Å². The molecular weight excluding hydrogens is 379 g/mol. The van der Waals surface area contributed by atoms with Crippen LogP contribution in [0.4, 0.5) is 11.6 Å². The SMILES string of the molecule is CC(=O)c1cccc(NC(CN)c2nc(N3CCOCC3)n[nH]2)c1.Cl.Cl. The number of anilines is 2. The van der Waals surface area contributed by atoms with E-state index in [9.17, 15) is 4.79 Å². The van der Waals surface area contributed by atoms with Crippen LogP contribution in [0.25, 0.3) is 0 Å². The molecular formula is C16H24Cl2N6O2. The smallest absolute Gasteiger partial charge is 0.244 e. The standard InChI is InChI=1S/C16H22N6O2.2ClH/c1-11(23)12-3-2-4-13(9-12)18-14(10-17)15-19-16(21-20-15)22-5-7-24-8-6-22;;/h2-4,9,14,18H,5-8,10,17H2,1H3,(H,19,20,21);2*1H. The number of nitrogens with one attached hydrogen (secondary N) is 2. The first-order valence-corrected chi connectivity index (χ1v) is 8.00. The van der Waals surface area contributed by atoms with Crippen molar-refractivity contribution >= 4 is 42.2 Å². The summed E-state index contributed by atoms with van der Waals surface area (Å²) in [5.41, 5.74) is 7.36. The first-order chi connectivity index (χ1) is 11.7. The Balaban J connectivity index is 0.00000169. The number of carbonyl (C=O) groups is 1. The molecule has 1 fully saturated rings. The molecule has 4 N–H and O–H groups in total. The summed E-state index contributed by atoms with van der Waals surface area (Å²) in [5, 5.41) is 10.5. The number of rotatable bonds is 6. The van der Waals surface area contributed by atoms with Gasteiger partial charge in [-0.15, -0.1) is 29.9 Å². The molecule has 1 saturated heterocycles. The summed E-state index contributed by atoms with van der Waals surface area (Å²) in [6.45, 7) is 4.81. The Morgan fingerprint density at radius 2 is 2.12 bits per heavy atom. The number of morpholine rings is 1. The highest BCUT2D eigenvalue weighted by atomic mass is 35.5. The number of ketones is 1. The molecule has 1 atom stereocenters. The van der Waals surface area contributed by atoms with Crippen molar-refractivity contribution in [3.63, 3.8) is 0 Å². The van der Waals surface area contributed by atoms with Crippen molar-refractivity contribution in [3.05, 3.63) is 35.7 Å². The van der Waals surface area contributed by atoms with E-state index in [0.717, 1.165) is 18.8 Å². The molecule has 1 aliphatic rings. The molecule has 10 heteroatoms. The van der Waals surface area contributed by atoms with Gasteiger partial charge in [0.05, 0.1) is 19.3 Å². The Hall–Kier alpha value is -1.87. The van der Waals surface area contributed by atoms with E-state index < -0.39 is 0 Å². The second kappa shape index (κ2) is 10.3. The zero-order chi connectivity index (χ0) is 16.9. The van der Waals surface area contributed by atoms with E-state index >= 15 is 0 Å². The van der Waals surface area contributed by atoms with Gasteiger partial charge in [0.2, 0.25) is 5.95 Å². The van der Waals surface area contributed by atoms with Crippen LogP contribution < -0.4 is 16.0 Å². The highest BCUT2D eigenvalue weighted by Gasteiger charge is 2.19. The van der Waals surface area contributed by atoms with Crippen LogP contribution in [0, 0.1) is 0 Å². The third kappa shape index (κ3) is 5.31. The Morgan fingerprint density at radius 3 is 2.77 bits per heavy atom. The average molecular weight is 403 g/mol. The van der Waals surface area contributed by atoms with E-state index in [1.165, 1.54) is 0 Å². The molecule has 1 aromatic carbocycles. The summed E-state index contributed by atoms with van der Waals surface area (Å²) in [5.74, 6) is 1.36. The van der Waals surface area contributed by atoms with Gasteiger partial charge in [-0.1, -0.05) is 12.1 Å². The van der Waals surface area contributed by atoms with Gasteiger partial charge in [-0.05, 0) is 19.1 Å². The number of Topliss-reactive ketones (excluding diaryl/α,β-unsaturated/α-hetero) is 1. The number of H-pyrrole nitrogens is 1. The molecule has 0 bridgehead atoms. The van der Waals surface area contributed by atoms with Crippen molar-refractivity contribution < 1.29 is 9.53 Å². The second-order valence-corrected chi connectivity index (χ2v) is 5.69. The normalized spacial score (nSPS) is 14.8. The van der Waals surface area contributed by atoms with Gasteiger partial charge in [0.25, 0.3) is 0 Å². The number of aromatic amines is 1. The highest BCUT2D eigenvalue weighted by molar-refractivity contribution is 5.94. The predicted octanol–water partition coefficient (Wildman–Crippen LogP) is 1.80. The number of hydrogen-bond donors (Lipinski definition) is 3. The predicted molar refractivity (Wildman–Crippen MR) is 106 cm³/mol. The third-order valence-electron chi connectivity index (χ3n) is 3.96. The average Bonchev–Trinajstić information content (AvgIpc) is 3.10. The summed E-state index contributed by atoms with van der Waals surface area (Å²) in [6.07, 6.45) is 0. The van der Waals surface area contributed by atoms with E-state index in [1.807, 2.05) is 18.2 Å². The van der Waals surface area contributed by atoms with Crippen LogP contribution in [-0.2, 0) is 4.74 Å². The van der Waals surface area contributed by atoms with Gasteiger partial charge in [-0.25, -0.2) is 0 Å². The van der Waals surface area contributed by atoms with E-state index in [4.69, 9.17) is 10.5 Å². The summed E-state index contributed by atoms with van der Waals surface area (Å²) < 4.78 is 5.34. The number of halogens is 2. The number of aromatic nitrogens is 3. The lowest BCUT2D eigenvalue weighted by Gasteiger charge is -2.25. The molecule has 0 aliphatic carbocycles. The van der Waals surface area contributed by atoms with E-state index in [-0.39, 0.29) is 36.6 Å². The van der Waals surface area contributed by atoms with Crippen LogP contribution in [0.5, 0.6) is 0 Å². The number of ether oxygens (including phenoxy) is 1. The number of nitrogens with zero attached hydrogens (tertiary/aromatic N) is 3. The van der Waals surface area contributed by atoms with E-state index in [1.54, 1.807) is 13.0 Å². The van der Waals surface area contributed by atoms with Crippen LogP contribution in [0.1, 0.15) is 29.1 Å². The van der Waals surface area contributed by atoms with Crippen molar-refractivity contribution in [1.82, 2.24) is 15.2 Å². The lowest BCUT2D eigenvalue weighted by atomic mass is 10.1. The van der Waals surface area contributed by atoms with Crippen LogP contribution in [0.3, 0.4) is 0 Å². The molecule has 3 rings (SSSR count). The molecule has 1 unspecified atom stereocenters. The lowest BCUT2D eigenvalue weighted by Crippen LogP contribution is -2.37. The second-order valence-electron chi connectivity index (χ2n) is 5.69. The quantitative estimate of drug-likeness (QED) is 0.631. The summed E-state index contributed by atoms with van der Waals surface area (Å²) >= 11 is 0. The van der Waals surface area contributed by atoms with Gasteiger partial charge in [0.1, 0.15) is 5.82 Å². The minimum absolute atomic E-state index is 0. The van der Waals surface area contributed by atoms with Crippen molar-refractivity contribution in [1.29, 1.82) is 0 Å². The number of hydrogen-bond acceptors (Lipinski definition) is 7. The van der Waals surface area contributed by atoms with Gasteiger partial charge in [-0.3, -0.25) is 9.89 Å². The molecule has 8 nitrogen and oxygen atoms in total. The highest BCUT2D eigenvalue weighted by Crippen LogP contribution is 2.19. The molecule has 2 heterocycles. The number of nitrogens with two attached hydrogens (primary N) is 1. The van der Waals surface area contributed by atoms with E-state index in [0.29, 0.717) is 37.1 Å². The Kier molecular flexibility index (Phi) is 8.80. The van der Waals surface area contributed by atoms with Crippen LogP contribution in [-0.4, -0.2) is 53.8 Å². The molecule has 0 amide bonds. The maximum Gasteiger partial charge on any atom is 0.244 e. The fraction of sp³-hybridized carbons (Fsp3) is 0.438. The summed E-state index contributed by atoms with van der Waals surface area (Å²) in [6, 6.07) is 7.12. The minimum atomic E-state index is -0.213. The summed E-state index contributed by atoms with van der Waals surface area (Å²) in [4.78, 5) is 18.1. The molecule has 1 aliphatic heterocycles. The maximum atomic E-state index is 11.5. The van der Waals surface area contributed by atoms with Gasteiger partial charge < -0.3 is 20.7 Å². The molecule has 1 aromatic heterocycles. The number of carbonyl (C=O) groups excluding carboxylic acids is 1. The van der Waals surface area contributed by atoms with Gasteiger partial charge in [0.15, 0.2) is 5.78 Å². The minimum Gasteiger partial charge on any atom is -0.378 e. The molecule has 0 radical (unpaired) electrons. The first kappa shape index (κ1) is 22.2. The zero-order valence-corrected chi connectivity index (χ0v) is 16.1. The van der Waals surface area contributed by atoms with Crippen molar-refractivity contribution in [2.45, 2.75) is 13.0 Å². The largest absolute Gasteiger partial charge is 0.378 e. The van der Waals surface area contributed by atoms with Crippen LogP contribution in [0.15, 0.2) is 24.3 Å². The fourth-order valence-electron chi connectivity index (χ4n) is 2.59. The summed E-state index contributed by atoms with van der Waals surface area (Å²) in [7, 11) is 0. The van der Waals surface area contributed by atoms with Crippen molar-refractivity contribution in [2.75, 3.05) is 43.1 Å². The van der Waals surface area contributed by atoms with Crippen molar-refractivity contribution in [2.24, 2.45) is 5.73 Å². The molecule has 2 aromatic rings. The fourth-order valence-corrected chi connectivity index (χ4v) is 2.59. The topological polar surface area (TPSA) is 109 Å².